The molecule has 0 saturated carbocycles. The zero-order valence-electron chi connectivity index (χ0n) is 14.6. The van der Waals surface area contributed by atoms with E-state index in [1.807, 2.05) is 30.3 Å². The molecule has 0 aliphatic carbocycles. The van der Waals surface area contributed by atoms with Gasteiger partial charge in [0.15, 0.2) is 0 Å². The summed E-state index contributed by atoms with van der Waals surface area (Å²) < 4.78 is 4.82. The van der Waals surface area contributed by atoms with E-state index in [2.05, 4.69) is 5.32 Å². The molecule has 136 valence electrons. The molecule has 0 bridgehead atoms. The van der Waals surface area contributed by atoms with Gasteiger partial charge >= 0.3 is 11.9 Å². The van der Waals surface area contributed by atoms with Crippen LogP contribution in [0.4, 0.5) is 0 Å². The van der Waals surface area contributed by atoms with Gasteiger partial charge in [-0.05, 0) is 32.3 Å². The molecule has 1 aromatic carbocycles. The van der Waals surface area contributed by atoms with Crippen LogP contribution < -0.4 is 5.32 Å². The van der Waals surface area contributed by atoms with Crippen molar-refractivity contribution in [3.63, 3.8) is 0 Å². The summed E-state index contributed by atoms with van der Waals surface area (Å²) in [5.74, 6) is -1.23. The zero-order chi connectivity index (χ0) is 18.3. The van der Waals surface area contributed by atoms with Crippen LogP contribution in [0, 0.1) is 0 Å². The van der Waals surface area contributed by atoms with Crippen molar-refractivity contribution in [2.24, 2.45) is 0 Å². The Morgan fingerprint density at radius 3 is 2.72 bits per heavy atom. The average Bonchev–Trinajstić information content (AvgIpc) is 2.73. The van der Waals surface area contributed by atoms with Gasteiger partial charge in [-0.25, -0.2) is 0 Å². The van der Waals surface area contributed by atoms with Gasteiger partial charge in [0.05, 0.1) is 13.2 Å². The largest absolute Gasteiger partial charge is 0.465 e. The third-order valence-electron chi connectivity index (χ3n) is 4.16. The topological polar surface area (TPSA) is 84.9 Å². The van der Waals surface area contributed by atoms with Crippen LogP contribution in [0.3, 0.4) is 0 Å². The Balaban J connectivity index is 2.14. The smallest absolute Gasteiger partial charge is 0.325 e. The van der Waals surface area contributed by atoms with Gasteiger partial charge in [0.1, 0.15) is 12.1 Å². The predicted octanol–water partition coefficient (Wildman–Crippen LogP) is 1.57. The van der Waals surface area contributed by atoms with E-state index in [4.69, 9.17) is 9.57 Å². The van der Waals surface area contributed by atoms with E-state index in [0.717, 1.165) is 5.56 Å². The van der Waals surface area contributed by atoms with Crippen molar-refractivity contribution in [2.75, 3.05) is 13.2 Å². The number of benzene rings is 1. The maximum Gasteiger partial charge on any atom is 0.325 e. The van der Waals surface area contributed by atoms with Crippen LogP contribution in [0.2, 0.25) is 0 Å². The molecule has 1 aliphatic rings. The normalized spacial score (nSPS) is 21.1. The Morgan fingerprint density at radius 1 is 1.32 bits per heavy atom. The summed E-state index contributed by atoms with van der Waals surface area (Å²) in [6, 6.07) is 9.45. The fraction of sp³-hybridized carbons (Fsp3) is 0.500. The second kappa shape index (κ2) is 8.62. The van der Waals surface area contributed by atoms with E-state index >= 15 is 0 Å². The molecular formula is C18H24N2O5. The molecule has 1 unspecified atom stereocenters. The van der Waals surface area contributed by atoms with Gasteiger partial charge in [0.2, 0.25) is 5.91 Å². The fourth-order valence-corrected chi connectivity index (χ4v) is 2.71. The lowest BCUT2D eigenvalue weighted by Gasteiger charge is -2.36. The lowest BCUT2D eigenvalue weighted by atomic mass is 9.93. The zero-order valence-corrected chi connectivity index (χ0v) is 14.6. The van der Waals surface area contributed by atoms with Crippen molar-refractivity contribution in [1.29, 1.82) is 0 Å². The van der Waals surface area contributed by atoms with E-state index in [-0.39, 0.29) is 38.0 Å². The number of hydroxylamine groups is 2. The molecule has 7 nitrogen and oxygen atoms in total. The molecule has 1 fully saturated rings. The van der Waals surface area contributed by atoms with E-state index in [1.54, 1.807) is 13.8 Å². The van der Waals surface area contributed by atoms with Gasteiger partial charge in [-0.1, -0.05) is 30.3 Å². The maximum atomic E-state index is 12.7. The van der Waals surface area contributed by atoms with Gasteiger partial charge in [-0.15, -0.1) is 5.06 Å². The molecule has 1 aromatic rings. The summed E-state index contributed by atoms with van der Waals surface area (Å²) in [6.45, 7) is 3.75. The first-order valence-electron chi connectivity index (χ1n) is 8.42. The molecule has 0 aromatic heterocycles. The fourth-order valence-electron chi connectivity index (χ4n) is 2.71. The number of nitrogens with zero attached hydrogens (tertiary/aromatic N) is 1. The Morgan fingerprint density at radius 2 is 2.04 bits per heavy atom. The first-order valence-corrected chi connectivity index (χ1v) is 8.42. The highest BCUT2D eigenvalue weighted by atomic mass is 16.7. The molecular weight excluding hydrogens is 324 g/mol. The lowest BCUT2D eigenvalue weighted by molar-refractivity contribution is -0.219. The summed E-state index contributed by atoms with van der Waals surface area (Å²) in [5.41, 5.74) is -0.143. The Hall–Kier alpha value is -2.41. The Kier molecular flexibility index (Phi) is 6.52. The van der Waals surface area contributed by atoms with Crippen molar-refractivity contribution in [3.8, 4) is 0 Å². The number of ether oxygens (including phenoxy) is 1. The highest BCUT2D eigenvalue weighted by Gasteiger charge is 2.43. The highest BCUT2D eigenvalue weighted by molar-refractivity contribution is 5.89. The van der Waals surface area contributed by atoms with E-state index < -0.39 is 11.5 Å². The van der Waals surface area contributed by atoms with Gasteiger partial charge < -0.3 is 14.9 Å². The number of carbonyl (C=O) groups is 3. The number of rotatable bonds is 6. The molecule has 1 amide bonds. The number of hydrogen-bond donors (Lipinski definition) is 1. The van der Waals surface area contributed by atoms with E-state index in [1.165, 1.54) is 5.06 Å². The number of amides is 1. The molecule has 7 heteroatoms. The van der Waals surface area contributed by atoms with Crippen molar-refractivity contribution in [3.05, 3.63) is 35.9 Å². The van der Waals surface area contributed by atoms with Gasteiger partial charge in [-0.3, -0.25) is 14.4 Å². The van der Waals surface area contributed by atoms with Crippen LogP contribution in [0.25, 0.3) is 0 Å². The second-order valence-electron chi connectivity index (χ2n) is 6.10. The van der Waals surface area contributed by atoms with Crippen LogP contribution >= 0.6 is 0 Å². The van der Waals surface area contributed by atoms with Crippen molar-refractivity contribution < 1.29 is 24.0 Å². The second-order valence-corrected chi connectivity index (χ2v) is 6.10. The summed E-state index contributed by atoms with van der Waals surface area (Å²) in [7, 11) is 0. The predicted molar refractivity (Wildman–Crippen MR) is 90.0 cm³/mol. The molecule has 2 rings (SSSR count). The number of carbonyl (C=O) groups excluding carboxylic acids is 3. The average molecular weight is 348 g/mol. The van der Waals surface area contributed by atoms with Crippen molar-refractivity contribution >= 4 is 17.8 Å². The summed E-state index contributed by atoms with van der Waals surface area (Å²) in [6.07, 6.45) is 1.24. The Labute approximate surface area is 147 Å². The van der Waals surface area contributed by atoms with E-state index in [0.29, 0.717) is 12.8 Å². The summed E-state index contributed by atoms with van der Waals surface area (Å²) in [5, 5.41) is 4.00. The molecule has 1 N–H and O–H groups in total. The first-order chi connectivity index (χ1) is 12.0. The number of hydrogen-bond acceptors (Lipinski definition) is 6. The molecule has 0 spiro atoms. The number of esters is 1. The van der Waals surface area contributed by atoms with Crippen molar-refractivity contribution in [2.45, 2.75) is 45.2 Å². The monoisotopic (exact) mass is 348 g/mol. The third kappa shape index (κ3) is 5.03. The Bertz CT molecular complexity index is 619. The van der Waals surface area contributed by atoms with Gasteiger partial charge in [-0.2, -0.15) is 0 Å². The molecule has 1 atom stereocenters. The standard InChI is InChI=1S/C18H24N2O5/c1-3-24-16(22)12-19-17(23)18(2)11-7-10-15(21)25-20(18)13-14-8-5-4-6-9-14/h4-6,8-9H,3,7,10-13H2,1-2H3,(H,19,23). The van der Waals surface area contributed by atoms with Crippen LogP contribution in [-0.4, -0.2) is 41.6 Å². The quantitative estimate of drug-likeness (QED) is 0.786. The SMILES string of the molecule is CCOC(=O)CNC(=O)C1(C)CCCC(=O)ON1Cc1ccccc1. The lowest BCUT2D eigenvalue weighted by Crippen LogP contribution is -2.56. The molecule has 0 radical (unpaired) electrons. The molecule has 25 heavy (non-hydrogen) atoms. The minimum atomic E-state index is -1.06. The van der Waals surface area contributed by atoms with Crippen molar-refractivity contribution in [1.82, 2.24) is 10.4 Å². The number of nitrogens with one attached hydrogen (secondary N) is 1. The summed E-state index contributed by atoms with van der Waals surface area (Å²) >= 11 is 0. The molecule has 1 saturated heterocycles. The minimum Gasteiger partial charge on any atom is -0.465 e. The minimum absolute atomic E-state index is 0.213. The van der Waals surface area contributed by atoms with Gasteiger partial charge in [0, 0.05) is 6.42 Å². The van der Waals surface area contributed by atoms with Crippen LogP contribution in [0.5, 0.6) is 0 Å². The molecule has 1 aliphatic heterocycles. The first kappa shape index (κ1) is 18.9. The maximum absolute atomic E-state index is 12.7. The van der Waals surface area contributed by atoms with Crippen LogP contribution in [0.15, 0.2) is 30.3 Å². The molecule has 1 heterocycles. The third-order valence-corrected chi connectivity index (χ3v) is 4.16. The van der Waals surface area contributed by atoms with Crippen LogP contribution in [-0.2, 0) is 30.5 Å². The van der Waals surface area contributed by atoms with E-state index in [9.17, 15) is 14.4 Å². The van der Waals surface area contributed by atoms with Gasteiger partial charge in [0.25, 0.3) is 0 Å². The summed E-state index contributed by atoms with van der Waals surface area (Å²) in [4.78, 5) is 41.5. The highest BCUT2D eigenvalue weighted by Crippen LogP contribution is 2.29. The van der Waals surface area contributed by atoms with Crippen LogP contribution in [0.1, 0.15) is 38.7 Å².